The Morgan fingerprint density at radius 1 is 1.41 bits per heavy atom. The van der Waals surface area contributed by atoms with Crippen LogP contribution in [0.3, 0.4) is 0 Å². The molecule has 1 amide bonds. The molecule has 0 bridgehead atoms. The van der Waals surface area contributed by atoms with E-state index in [2.05, 4.69) is 54.7 Å². The maximum Gasteiger partial charge on any atom is 0.406 e. The van der Waals surface area contributed by atoms with Crippen LogP contribution in [0.2, 0.25) is 0 Å². The summed E-state index contributed by atoms with van der Waals surface area (Å²) >= 11 is 0. The summed E-state index contributed by atoms with van der Waals surface area (Å²) in [7, 11) is 1.37. The first kappa shape index (κ1) is 20.4. The van der Waals surface area contributed by atoms with Gasteiger partial charge in [0.15, 0.2) is 0 Å². The first-order chi connectivity index (χ1) is 10.5. The molecular formula is C16H32N4O2. The van der Waals surface area contributed by atoms with Crippen molar-refractivity contribution in [2.75, 3.05) is 26.7 Å². The Morgan fingerprint density at radius 3 is 2.55 bits per heavy atom. The zero-order valence-corrected chi connectivity index (χ0v) is 14.9. The Labute approximate surface area is 134 Å². The first-order valence-electron chi connectivity index (χ1n) is 8.13. The third-order valence-corrected chi connectivity index (χ3v) is 3.28. The molecule has 1 rings (SSSR count). The van der Waals surface area contributed by atoms with Crippen LogP contribution < -0.4 is 5.32 Å². The standard InChI is InChI=1S/C13H24N4O2.C3H8/c1-5-16(10-9-14-13(18)19-4)11(3)12-7-8-15-17(12)6-2;1-3-2/h7-8,11H,5-6,9-10H2,1-4H3,(H,14,18);3H2,1-2H3. The molecule has 0 aliphatic carbocycles. The number of methoxy groups -OCH3 is 1. The number of carbonyl (C=O) groups excluding carboxylic acids is 1. The molecule has 1 atom stereocenters. The fourth-order valence-electron chi connectivity index (χ4n) is 2.15. The second kappa shape index (κ2) is 12.0. The maximum atomic E-state index is 11.0. The van der Waals surface area contributed by atoms with Gasteiger partial charge in [-0.25, -0.2) is 4.79 Å². The van der Waals surface area contributed by atoms with Crippen molar-refractivity contribution in [3.05, 3.63) is 18.0 Å². The van der Waals surface area contributed by atoms with Gasteiger partial charge in [0.25, 0.3) is 0 Å². The van der Waals surface area contributed by atoms with Gasteiger partial charge in [-0.1, -0.05) is 27.2 Å². The van der Waals surface area contributed by atoms with Crippen molar-refractivity contribution in [3.63, 3.8) is 0 Å². The van der Waals surface area contributed by atoms with Gasteiger partial charge < -0.3 is 10.1 Å². The molecule has 1 unspecified atom stereocenters. The van der Waals surface area contributed by atoms with E-state index in [0.717, 1.165) is 19.6 Å². The van der Waals surface area contributed by atoms with Gasteiger partial charge in [0.05, 0.1) is 12.8 Å². The third kappa shape index (κ3) is 6.93. The molecule has 0 radical (unpaired) electrons. The van der Waals surface area contributed by atoms with E-state index in [9.17, 15) is 4.79 Å². The number of hydrogen-bond donors (Lipinski definition) is 1. The van der Waals surface area contributed by atoms with Crippen LogP contribution in [-0.2, 0) is 11.3 Å². The van der Waals surface area contributed by atoms with Crippen LogP contribution in [0.25, 0.3) is 0 Å². The molecular weight excluding hydrogens is 280 g/mol. The molecule has 1 aromatic rings. The Bertz CT molecular complexity index is 407. The summed E-state index contributed by atoms with van der Waals surface area (Å²) in [5.41, 5.74) is 1.20. The van der Waals surface area contributed by atoms with E-state index in [-0.39, 0.29) is 12.1 Å². The van der Waals surface area contributed by atoms with Crippen LogP contribution in [0, 0.1) is 0 Å². The van der Waals surface area contributed by atoms with E-state index < -0.39 is 0 Å². The predicted octanol–water partition coefficient (Wildman–Crippen LogP) is 3.06. The molecule has 6 heteroatoms. The molecule has 1 N–H and O–H groups in total. The minimum Gasteiger partial charge on any atom is -0.453 e. The average Bonchev–Trinajstić information content (AvgIpc) is 3.00. The van der Waals surface area contributed by atoms with Crippen molar-refractivity contribution in [2.45, 2.75) is 53.6 Å². The third-order valence-electron chi connectivity index (χ3n) is 3.28. The number of amides is 1. The number of carbonyl (C=O) groups is 1. The summed E-state index contributed by atoms with van der Waals surface area (Å²) in [5.74, 6) is 0. The Morgan fingerprint density at radius 2 is 2.05 bits per heavy atom. The van der Waals surface area contributed by atoms with E-state index >= 15 is 0 Å². The van der Waals surface area contributed by atoms with Gasteiger partial charge in [0, 0.05) is 31.9 Å². The van der Waals surface area contributed by atoms with Crippen LogP contribution >= 0.6 is 0 Å². The lowest BCUT2D eigenvalue weighted by molar-refractivity contribution is 0.165. The van der Waals surface area contributed by atoms with Gasteiger partial charge in [-0.05, 0) is 26.5 Å². The van der Waals surface area contributed by atoms with E-state index in [1.54, 1.807) is 0 Å². The normalized spacial score (nSPS) is 11.6. The molecule has 22 heavy (non-hydrogen) atoms. The number of alkyl carbamates (subject to hydrolysis) is 1. The molecule has 0 spiro atoms. The van der Waals surface area contributed by atoms with E-state index in [1.807, 2.05) is 16.9 Å². The first-order valence-corrected chi connectivity index (χ1v) is 8.13. The lowest BCUT2D eigenvalue weighted by Gasteiger charge is -2.28. The second-order valence-corrected chi connectivity index (χ2v) is 5.00. The topological polar surface area (TPSA) is 59.4 Å². The quantitative estimate of drug-likeness (QED) is 0.840. The second-order valence-electron chi connectivity index (χ2n) is 5.00. The maximum absolute atomic E-state index is 11.0. The molecule has 0 aromatic carbocycles. The number of rotatable bonds is 7. The minimum absolute atomic E-state index is 0.270. The van der Waals surface area contributed by atoms with Gasteiger partial charge in [0.2, 0.25) is 0 Å². The summed E-state index contributed by atoms with van der Waals surface area (Å²) in [4.78, 5) is 13.3. The summed E-state index contributed by atoms with van der Waals surface area (Å²) in [5, 5.41) is 7.00. The number of aromatic nitrogens is 2. The summed E-state index contributed by atoms with van der Waals surface area (Å²) in [6.45, 7) is 13.7. The van der Waals surface area contributed by atoms with Crippen LogP contribution in [0.15, 0.2) is 12.3 Å². The molecule has 6 nitrogen and oxygen atoms in total. The largest absolute Gasteiger partial charge is 0.453 e. The minimum atomic E-state index is -0.387. The highest BCUT2D eigenvalue weighted by molar-refractivity contribution is 5.66. The molecule has 0 aliphatic rings. The number of nitrogens with zero attached hydrogens (tertiary/aromatic N) is 3. The number of ether oxygens (including phenoxy) is 1. The molecule has 128 valence electrons. The van der Waals surface area contributed by atoms with Crippen LogP contribution in [-0.4, -0.2) is 47.5 Å². The van der Waals surface area contributed by atoms with Crippen LogP contribution in [0.5, 0.6) is 0 Å². The monoisotopic (exact) mass is 312 g/mol. The molecule has 1 heterocycles. The fraction of sp³-hybridized carbons (Fsp3) is 0.750. The lowest BCUT2D eigenvalue weighted by Crippen LogP contribution is -2.36. The van der Waals surface area contributed by atoms with Gasteiger partial charge >= 0.3 is 6.09 Å². The Balaban J connectivity index is 0.00000135. The van der Waals surface area contributed by atoms with Crippen LogP contribution in [0.4, 0.5) is 4.79 Å². The summed E-state index contributed by atoms with van der Waals surface area (Å²) < 4.78 is 6.55. The van der Waals surface area contributed by atoms with E-state index in [1.165, 1.54) is 19.2 Å². The molecule has 0 saturated heterocycles. The summed E-state index contributed by atoms with van der Waals surface area (Å²) in [6, 6.07) is 2.32. The van der Waals surface area contributed by atoms with Gasteiger partial charge in [0.1, 0.15) is 0 Å². The Kier molecular flexibility index (Phi) is 11.2. The highest BCUT2D eigenvalue weighted by atomic mass is 16.5. The number of likely N-dealkylation sites (N-methyl/N-ethyl adjacent to an activating group) is 1. The van der Waals surface area contributed by atoms with Crippen molar-refractivity contribution in [1.29, 1.82) is 0 Å². The summed E-state index contributed by atoms with van der Waals surface area (Å²) in [6.07, 6.45) is 2.69. The zero-order valence-electron chi connectivity index (χ0n) is 14.9. The highest BCUT2D eigenvalue weighted by Gasteiger charge is 2.17. The smallest absolute Gasteiger partial charge is 0.406 e. The molecule has 1 aromatic heterocycles. The molecule has 0 aliphatic heterocycles. The SMILES string of the molecule is CCC.CCN(CCNC(=O)OC)C(C)c1ccnn1CC. The lowest BCUT2D eigenvalue weighted by atomic mass is 10.2. The van der Waals surface area contributed by atoms with E-state index in [4.69, 9.17) is 0 Å². The average molecular weight is 312 g/mol. The fourth-order valence-corrected chi connectivity index (χ4v) is 2.15. The number of nitrogens with one attached hydrogen (secondary N) is 1. The van der Waals surface area contributed by atoms with E-state index in [0.29, 0.717) is 6.54 Å². The van der Waals surface area contributed by atoms with Gasteiger partial charge in [-0.15, -0.1) is 0 Å². The Hall–Kier alpha value is -1.56. The van der Waals surface area contributed by atoms with Crippen molar-refractivity contribution >= 4 is 6.09 Å². The van der Waals surface area contributed by atoms with Crippen molar-refractivity contribution in [3.8, 4) is 0 Å². The molecule has 0 saturated carbocycles. The number of hydrogen-bond acceptors (Lipinski definition) is 4. The van der Waals surface area contributed by atoms with Crippen molar-refractivity contribution in [1.82, 2.24) is 20.0 Å². The zero-order chi connectivity index (χ0) is 17.0. The predicted molar refractivity (Wildman–Crippen MR) is 89.9 cm³/mol. The highest BCUT2D eigenvalue weighted by Crippen LogP contribution is 2.18. The molecule has 0 fully saturated rings. The van der Waals surface area contributed by atoms with Crippen molar-refractivity contribution < 1.29 is 9.53 Å². The van der Waals surface area contributed by atoms with Crippen molar-refractivity contribution in [2.24, 2.45) is 0 Å². The number of aryl methyl sites for hydroxylation is 1. The van der Waals surface area contributed by atoms with Gasteiger partial charge in [-0.2, -0.15) is 5.10 Å². The van der Waals surface area contributed by atoms with Crippen LogP contribution in [0.1, 0.15) is 52.8 Å². The van der Waals surface area contributed by atoms with Gasteiger partial charge in [-0.3, -0.25) is 9.58 Å².